The van der Waals surface area contributed by atoms with Gasteiger partial charge >= 0.3 is 0 Å². The number of hydrogen-bond donors (Lipinski definition) is 0. The molecular weight excluding hydrogens is 655 g/mol. The van der Waals surface area contributed by atoms with Crippen molar-refractivity contribution < 1.29 is 18.7 Å². The number of amides is 1. The average Bonchev–Trinajstić information content (AvgIpc) is 3.14. The highest BCUT2D eigenvalue weighted by Crippen LogP contribution is 2.40. The Balaban J connectivity index is 1.30. The minimum atomic E-state index is -0.878. The minimum absolute atomic E-state index is 0.00469. The Morgan fingerprint density at radius 2 is 1.73 bits per heavy atom. The molecule has 0 saturated carbocycles. The number of nitriles is 1. The van der Waals surface area contributed by atoms with Gasteiger partial charge in [-0.2, -0.15) is 5.26 Å². The molecule has 0 N–H and O–H groups in total. The van der Waals surface area contributed by atoms with Gasteiger partial charge < -0.3 is 18.9 Å². The number of nitrogens with zero attached hydrogens (tertiary/aromatic N) is 4. The zero-order chi connectivity index (χ0) is 37.9. The largest absolute Gasteiger partial charge is 0.496 e. The van der Waals surface area contributed by atoms with Crippen molar-refractivity contribution in [3.8, 4) is 28.7 Å². The Morgan fingerprint density at radius 1 is 1.08 bits per heavy atom. The van der Waals surface area contributed by atoms with Gasteiger partial charge in [-0.1, -0.05) is 52.0 Å². The summed E-state index contributed by atoms with van der Waals surface area (Å²) in [6.07, 6.45) is 7.24. The highest BCUT2D eigenvalue weighted by Gasteiger charge is 2.36. The molecule has 1 aromatic heterocycles. The van der Waals surface area contributed by atoms with Crippen molar-refractivity contribution in [1.82, 2.24) is 14.4 Å². The monoisotopic (exact) mass is 710 g/mol. The first kappa shape index (κ1) is 38.8. The summed E-state index contributed by atoms with van der Waals surface area (Å²) in [5, 5.41) is 9.86. The molecule has 5 rings (SSSR count). The van der Waals surface area contributed by atoms with E-state index in [-0.39, 0.29) is 29.0 Å². The van der Waals surface area contributed by atoms with E-state index in [2.05, 4.69) is 55.1 Å². The Kier molecular flexibility index (Phi) is 12.0. The number of ether oxygens (including phenoxy) is 2. The number of methoxy groups -OCH3 is 2. The van der Waals surface area contributed by atoms with Gasteiger partial charge in [-0.25, -0.2) is 0 Å². The summed E-state index contributed by atoms with van der Waals surface area (Å²) in [7, 11) is 5.17. The van der Waals surface area contributed by atoms with Crippen molar-refractivity contribution in [2.45, 2.75) is 79.8 Å². The molecule has 2 aliphatic heterocycles. The van der Waals surface area contributed by atoms with E-state index < -0.39 is 12.1 Å². The summed E-state index contributed by atoms with van der Waals surface area (Å²) in [6, 6.07) is 12.5. The van der Waals surface area contributed by atoms with Crippen LogP contribution in [0.3, 0.4) is 0 Å². The molecule has 1 atom stereocenters. The zero-order valence-electron chi connectivity index (χ0n) is 32.4. The molecule has 0 spiro atoms. The predicted octanol–water partition coefficient (Wildman–Crippen LogP) is 7.67. The number of halogens is 1. The molecule has 1 saturated heterocycles. The van der Waals surface area contributed by atoms with Gasteiger partial charge in [-0.3, -0.25) is 18.9 Å². The van der Waals surface area contributed by atoms with Gasteiger partial charge in [-0.05, 0) is 104 Å². The van der Waals surface area contributed by atoms with Gasteiger partial charge in [0.05, 0.1) is 32.5 Å². The molecule has 0 aliphatic carbocycles. The molecule has 3 aromatic rings. The zero-order valence-corrected chi connectivity index (χ0v) is 32.4. The van der Waals surface area contributed by atoms with Crippen LogP contribution in [0, 0.1) is 42.4 Å². The number of hydrogen-bond acceptors (Lipinski definition) is 6. The first-order chi connectivity index (χ1) is 24.7. The Hall–Kier alpha value is -4.42. The standard InChI is InChI=1S/C43H55FN4O4/c1-27(2)40-35-12-10-11-31(34(35)15-18-48(40)42(50)33(23-45)22-43(5,6)26-44)19-30-13-16-47(17-14-30)25-37-38(51-8)20-32(21-39(37)52-9)36-24-46(7)41(49)29(4)28(36)3/h10-12,20-22,24,27,30,40H,13-19,25-26H2,1-9H3/b33-22-. The first-order valence-corrected chi connectivity index (χ1v) is 18.5. The number of fused-ring (bicyclic) bond motifs is 1. The number of alkyl halides is 1. The summed E-state index contributed by atoms with van der Waals surface area (Å²) in [4.78, 5) is 30.5. The maximum Gasteiger partial charge on any atom is 0.264 e. The first-order valence-electron chi connectivity index (χ1n) is 18.5. The molecule has 0 bridgehead atoms. The second kappa shape index (κ2) is 16.1. The average molecular weight is 711 g/mol. The number of aromatic nitrogens is 1. The molecule has 0 radical (unpaired) electrons. The second-order valence-electron chi connectivity index (χ2n) is 15.7. The summed E-state index contributed by atoms with van der Waals surface area (Å²) < 4.78 is 27.1. The highest BCUT2D eigenvalue weighted by molar-refractivity contribution is 5.97. The van der Waals surface area contributed by atoms with Crippen LogP contribution in [0.5, 0.6) is 11.5 Å². The molecule has 8 nitrogen and oxygen atoms in total. The van der Waals surface area contributed by atoms with Crippen LogP contribution in [0.15, 0.2) is 53.0 Å². The SMILES string of the molecule is COc1cc(-c2cn(C)c(=O)c(C)c2C)cc(OC)c1CN1CCC(Cc2cccc3c2CCN(C(=O)/C(C#N)=C\C(C)(C)CF)C3C(C)C)CC1. The van der Waals surface area contributed by atoms with Crippen LogP contribution < -0.4 is 15.0 Å². The van der Waals surface area contributed by atoms with Gasteiger partial charge in [0.15, 0.2) is 0 Å². The van der Waals surface area contributed by atoms with Crippen LogP contribution in [0.4, 0.5) is 4.39 Å². The van der Waals surface area contributed by atoms with Crippen LogP contribution in [-0.2, 0) is 31.2 Å². The smallest absolute Gasteiger partial charge is 0.264 e. The molecule has 2 aliphatic rings. The fourth-order valence-corrected chi connectivity index (χ4v) is 8.09. The molecule has 3 heterocycles. The quantitative estimate of drug-likeness (QED) is 0.150. The molecule has 1 unspecified atom stereocenters. The van der Waals surface area contributed by atoms with E-state index in [4.69, 9.17) is 9.47 Å². The van der Waals surface area contributed by atoms with Crippen LogP contribution in [0.25, 0.3) is 11.1 Å². The lowest BCUT2D eigenvalue weighted by Gasteiger charge is -2.41. The molecule has 52 heavy (non-hydrogen) atoms. The third-order valence-electron chi connectivity index (χ3n) is 11.1. The van der Waals surface area contributed by atoms with Crippen molar-refractivity contribution in [3.05, 3.63) is 91.9 Å². The topological polar surface area (TPSA) is 87.8 Å². The second-order valence-corrected chi connectivity index (χ2v) is 15.7. The van der Waals surface area contributed by atoms with Gasteiger partial charge in [0, 0.05) is 42.9 Å². The fraction of sp³-hybridized carbons (Fsp3) is 0.512. The van der Waals surface area contributed by atoms with Gasteiger partial charge in [0.1, 0.15) is 23.1 Å². The summed E-state index contributed by atoms with van der Waals surface area (Å²) >= 11 is 0. The van der Waals surface area contributed by atoms with Gasteiger partial charge in [0.25, 0.3) is 11.5 Å². The number of pyridine rings is 1. The molecule has 9 heteroatoms. The van der Waals surface area contributed by atoms with E-state index >= 15 is 0 Å². The normalized spacial score (nSPS) is 17.2. The van der Waals surface area contributed by atoms with Crippen LogP contribution in [-0.4, -0.2) is 60.8 Å². The van der Waals surface area contributed by atoms with Crippen LogP contribution in [0.1, 0.15) is 80.0 Å². The molecule has 1 fully saturated rings. The lowest BCUT2D eigenvalue weighted by atomic mass is 9.80. The Bertz CT molecular complexity index is 1910. The van der Waals surface area contributed by atoms with E-state index in [1.165, 1.54) is 17.2 Å². The lowest BCUT2D eigenvalue weighted by molar-refractivity contribution is -0.130. The van der Waals surface area contributed by atoms with Gasteiger partial charge in [0.2, 0.25) is 0 Å². The van der Waals surface area contributed by atoms with Crippen LogP contribution in [0.2, 0.25) is 0 Å². The molecular formula is C43H55FN4O4. The van der Waals surface area contributed by atoms with Crippen molar-refractivity contribution >= 4 is 5.91 Å². The van der Waals surface area contributed by atoms with Crippen molar-refractivity contribution in [2.24, 2.45) is 24.3 Å². The molecule has 278 valence electrons. The number of benzene rings is 2. The third kappa shape index (κ3) is 7.97. The number of rotatable bonds is 11. The third-order valence-corrected chi connectivity index (χ3v) is 11.1. The summed E-state index contributed by atoms with van der Waals surface area (Å²) in [6.45, 7) is 14.0. The maximum atomic E-state index is 13.7. The molecule has 1 amide bonds. The Labute approximate surface area is 308 Å². The molecule has 2 aromatic carbocycles. The summed E-state index contributed by atoms with van der Waals surface area (Å²) in [5.41, 5.74) is 7.62. The van der Waals surface area contributed by atoms with Gasteiger partial charge in [-0.15, -0.1) is 0 Å². The number of aryl methyl sites for hydroxylation is 1. The highest BCUT2D eigenvalue weighted by atomic mass is 19.1. The predicted molar refractivity (Wildman–Crippen MR) is 204 cm³/mol. The van der Waals surface area contributed by atoms with E-state index in [0.717, 1.165) is 83.7 Å². The number of carbonyl (C=O) groups excluding carboxylic acids is 1. The lowest BCUT2D eigenvalue weighted by Crippen LogP contribution is -2.43. The van der Waals surface area contributed by atoms with E-state index in [0.29, 0.717) is 19.0 Å². The van der Waals surface area contributed by atoms with E-state index in [1.807, 2.05) is 24.9 Å². The van der Waals surface area contributed by atoms with Crippen molar-refractivity contribution in [1.29, 1.82) is 5.26 Å². The van der Waals surface area contributed by atoms with Crippen LogP contribution >= 0.6 is 0 Å². The van der Waals surface area contributed by atoms with E-state index in [1.54, 1.807) is 39.7 Å². The number of likely N-dealkylation sites (tertiary alicyclic amines) is 1. The summed E-state index contributed by atoms with van der Waals surface area (Å²) in [5.74, 6) is 1.92. The number of carbonyl (C=O) groups is 1. The minimum Gasteiger partial charge on any atom is -0.496 e. The number of allylic oxidation sites excluding steroid dienone is 1. The van der Waals surface area contributed by atoms with Crippen molar-refractivity contribution in [2.75, 3.05) is 40.5 Å². The Morgan fingerprint density at radius 3 is 2.31 bits per heavy atom. The van der Waals surface area contributed by atoms with E-state index in [9.17, 15) is 19.2 Å². The fourth-order valence-electron chi connectivity index (χ4n) is 8.09. The number of piperidine rings is 1. The maximum absolute atomic E-state index is 13.7. The van der Waals surface area contributed by atoms with Crippen molar-refractivity contribution in [3.63, 3.8) is 0 Å².